The highest BCUT2D eigenvalue weighted by atomic mass is 16.5. The number of benzene rings is 2. The standard InChI is InChI=1S/C31H39N5O3/c1-22-11-12-23(29(37)33-24-13-14-24)21-26(22)36-18-15-32-28(30(36)38)34-31(2,3)25-9-5-6-10-27(25)39-20-19-35-16-7-4-8-17-35/h5-6,9-12,15,18,21,24H,4,7-8,13-14,16-17,19-20H2,1-3H3,(H,32,34)(H,33,37). The number of piperidine rings is 1. The van der Waals surface area contributed by atoms with Crippen LogP contribution in [0.5, 0.6) is 5.75 Å². The van der Waals surface area contributed by atoms with Crippen LogP contribution in [0.4, 0.5) is 5.82 Å². The molecule has 2 N–H and O–H groups in total. The molecule has 2 fully saturated rings. The van der Waals surface area contributed by atoms with E-state index in [-0.39, 0.29) is 23.3 Å². The van der Waals surface area contributed by atoms with Crippen molar-refractivity contribution in [2.75, 3.05) is 31.6 Å². The lowest BCUT2D eigenvalue weighted by molar-refractivity contribution is 0.0951. The molecule has 8 heteroatoms. The van der Waals surface area contributed by atoms with Crippen molar-refractivity contribution in [3.8, 4) is 11.4 Å². The summed E-state index contributed by atoms with van der Waals surface area (Å²) in [5, 5.41) is 6.39. The number of hydrogen-bond donors (Lipinski definition) is 2. The Hall–Kier alpha value is -3.65. The maximum Gasteiger partial charge on any atom is 0.297 e. The van der Waals surface area contributed by atoms with Gasteiger partial charge in [0, 0.05) is 36.1 Å². The van der Waals surface area contributed by atoms with Gasteiger partial charge in [0.25, 0.3) is 11.5 Å². The first kappa shape index (κ1) is 26.9. The zero-order valence-electron chi connectivity index (χ0n) is 23.2. The molecule has 0 radical (unpaired) electrons. The van der Waals surface area contributed by atoms with E-state index >= 15 is 0 Å². The fourth-order valence-electron chi connectivity index (χ4n) is 5.13. The van der Waals surface area contributed by atoms with Crippen molar-refractivity contribution < 1.29 is 9.53 Å². The van der Waals surface area contributed by atoms with Crippen LogP contribution in [-0.4, -0.2) is 52.6 Å². The number of hydrogen-bond acceptors (Lipinski definition) is 6. The van der Waals surface area contributed by atoms with Crippen LogP contribution in [0.1, 0.15) is 67.4 Å². The van der Waals surface area contributed by atoms with Crippen LogP contribution in [-0.2, 0) is 5.54 Å². The predicted octanol–water partition coefficient (Wildman–Crippen LogP) is 4.65. The molecule has 1 saturated carbocycles. The maximum absolute atomic E-state index is 13.6. The number of aromatic nitrogens is 2. The normalized spacial score (nSPS) is 16.1. The van der Waals surface area contributed by atoms with Gasteiger partial charge in [0.05, 0.1) is 11.2 Å². The molecule has 1 saturated heterocycles. The summed E-state index contributed by atoms with van der Waals surface area (Å²) in [6, 6.07) is 13.7. The van der Waals surface area contributed by atoms with Crippen LogP contribution >= 0.6 is 0 Å². The van der Waals surface area contributed by atoms with Crippen LogP contribution in [0.25, 0.3) is 5.69 Å². The van der Waals surface area contributed by atoms with Gasteiger partial charge in [0.1, 0.15) is 12.4 Å². The highest BCUT2D eigenvalue weighted by molar-refractivity contribution is 5.95. The lowest BCUT2D eigenvalue weighted by atomic mass is 9.93. The van der Waals surface area contributed by atoms with Gasteiger partial charge >= 0.3 is 0 Å². The number of para-hydroxylation sites is 1. The van der Waals surface area contributed by atoms with E-state index < -0.39 is 5.54 Å². The highest BCUT2D eigenvalue weighted by Gasteiger charge is 2.27. The van der Waals surface area contributed by atoms with Crippen LogP contribution in [0.2, 0.25) is 0 Å². The minimum Gasteiger partial charge on any atom is -0.492 e. The summed E-state index contributed by atoms with van der Waals surface area (Å²) in [5.41, 5.74) is 2.13. The molecule has 2 aromatic carbocycles. The number of rotatable bonds is 10. The summed E-state index contributed by atoms with van der Waals surface area (Å²) < 4.78 is 7.80. The molecule has 0 spiro atoms. The quantitative estimate of drug-likeness (QED) is 0.398. The molecule has 1 aliphatic carbocycles. The van der Waals surface area contributed by atoms with Crippen molar-refractivity contribution in [3.05, 3.63) is 81.9 Å². The third-order valence-electron chi connectivity index (χ3n) is 7.59. The Labute approximate surface area is 230 Å². The van der Waals surface area contributed by atoms with E-state index in [9.17, 15) is 9.59 Å². The van der Waals surface area contributed by atoms with E-state index in [2.05, 4.69) is 20.5 Å². The molecule has 2 heterocycles. The number of amides is 1. The Bertz CT molecular complexity index is 1370. The molecule has 206 valence electrons. The van der Waals surface area contributed by atoms with Crippen LogP contribution in [0.3, 0.4) is 0 Å². The van der Waals surface area contributed by atoms with Gasteiger partial charge in [-0.05, 0) is 83.3 Å². The van der Waals surface area contributed by atoms with E-state index in [1.165, 1.54) is 19.3 Å². The highest BCUT2D eigenvalue weighted by Crippen LogP contribution is 2.32. The number of nitrogens with zero attached hydrogens (tertiary/aromatic N) is 3. The number of ether oxygens (including phenoxy) is 1. The summed E-state index contributed by atoms with van der Waals surface area (Å²) in [6.07, 6.45) is 9.12. The summed E-state index contributed by atoms with van der Waals surface area (Å²) in [5.74, 6) is 0.920. The van der Waals surface area contributed by atoms with Crippen LogP contribution in [0.15, 0.2) is 59.7 Å². The summed E-state index contributed by atoms with van der Waals surface area (Å²) in [7, 11) is 0. The molecule has 5 rings (SSSR count). The van der Waals surface area contributed by atoms with E-state index in [4.69, 9.17) is 4.74 Å². The smallest absolute Gasteiger partial charge is 0.297 e. The lowest BCUT2D eigenvalue weighted by Crippen LogP contribution is -2.35. The fourth-order valence-corrected chi connectivity index (χ4v) is 5.13. The molecule has 39 heavy (non-hydrogen) atoms. The molecule has 0 atom stereocenters. The van der Waals surface area contributed by atoms with Crippen molar-refractivity contribution in [1.82, 2.24) is 19.8 Å². The molecule has 1 aliphatic heterocycles. The van der Waals surface area contributed by atoms with E-state index in [0.717, 1.165) is 49.4 Å². The SMILES string of the molecule is Cc1ccc(C(=O)NC2CC2)cc1-n1ccnc(NC(C)(C)c2ccccc2OCCN2CCCCC2)c1=O. The third-order valence-corrected chi connectivity index (χ3v) is 7.59. The second-order valence-electron chi connectivity index (χ2n) is 11.2. The number of carbonyl (C=O) groups excluding carboxylic acids is 1. The Morgan fingerprint density at radius 1 is 1.10 bits per heavy atom. The topological polar surface area (TPSA) is 88.5 Å². The van der Waals surface area contributed by atoms with E-state index in [0.29, 0.717) is 17.9 Å². The Morgan fingerprint density at radius 3 is 2.64 bits per heavy atom. The minimum absolute atomic E-state index is 0.114. The lowest BCUT2D eigenvalue weighted by Gasteiger charge is -2.30. The Kier molecular flexibility index (Phi) is 8.02. The van der Waals surface area contributed by atoms with Gasteiger partial charge in [-0.25, -0.2) is 4.98 Å². The monoisotopic (exact) mass is 529 g/mol. The largest absolute Gasteiger partial charge is 0.492 e. The fraction of sp³-hybridized carbons (Fsp3) is 0.452. The first-order valence-corrected chi connectivity index (χ1v) is 14.0. The third kappa shape index (κ3) is 6.50. The van der Waals surface area contributed by atoms with Gasteiger partial charge in [-0.1, -0.05) is 30.7 Å². The molecule has 1 amide bonds. The van der Waals surface area contributed by atoms with Gasteiger partial charge in [0.15, 0.2) is 5.82 Å². The number of nitrogens with one attached hydrogen (secondary N) is 2. The number of likely N-dealkylation sites (tertiary alicyclic amines) is 1. The Morgan fingerprint density at radius 2 is 1.87 bits per heavy atom. The Balaban J connectivity index is 1.35. The summed E-state index contributed by atoms with van der Waals surface area (Å²) in [4.78, 5) is 33.1. The summed E-state index contributed by atoms with van der Waals surface area (Å²) >= 11 is 0. The minimum atomic E-state index is -0.631. The van der Waals surface area contributed by atoms with Crippen LogP contribution < -0.4 is 20.9 Å². The number of aryl methyl sites for hydroxylation is 1. The molecular formula is C31H39N5O3. The van der Waals surface area contributed by atoms with Crippen molar-refractivity contribution in [3.63, 3.8) is 0 Å². The number of carbonyl (C=O) groups is 1. The van der Waals surface area contributed by atoms with Crippen molar-refractivity contribution in [2.45, 2.75) is 64.5 Å². The van der Waals surface area contributed by atoms with Crippen molar-refractivity contribution in [2.24, 2.45) is 0 Å². The van der Waals surface area contributed by atoms with Crippen molar-refractivity contribution >= 4 is 11.7 Å². The number of anilines is 1. The van der Waals surface area contributed by atoms with E-state index in [1.807, 2.05) is 51.1 Å². The molecule has 2 aliphatic rings. The van der Waals surface area contributed by atoms with E-state index in [1.54, 1.807) is 29.1 Å². The van der Waals surface area contributed by atoms with Gasteiger partial charge in [-0.3, -0.25) is 19.1 Å². The van der Waals surface area contributed by atoms with Gasteiger partial charge in [-0.2, -0.15) is 0 Å². The first-order chi connectivity index (χ1) is 18.8. The molecule has 0 unspecified atom stereocenters. The summed E-state index contributed by atoms with van der Waals surface area (Å²) in [6.45, 7) is 9.77. The van der Waals surface area contributed by atoms with Crippen LogP contribution in [0, 0.1) is 6.92 Å². The van der Waals surface area contributed by atoms with Gasteiger partial charge in [-0.15, -0.1) is 0 Å². The van der Waals surface area contributed by atoms with Gasteiger partial charge in [0.2, 0.25) is 0 Å². The van der Waals surface area contributed by atoms with Crippen molar-refractivity contribution in [1.29, 1.82) is 0 Å². The second-order valence-corrected chi connectivity index (χ2v) is 11.2. The maximum atomic E-state index is 13.6. The van der Waals surface area contributed by atoms with Gasteiger partial charge < -0.3 is 15.4 Å². The predicted molar refractivity (Wildman–Crippen MR) is 154 cm³/mol. The molecule has 8 nitrogen and oxygen atoms in total. The molecule has 0 bridgehead atoms. The second kappa shape index (κ2) is 11.6. The molecule has 3 aromatic rings. The molecular weight excluding hydrogens is 490 g/mol. The molecule has 1 aromatic heterocycles. The average molecular weight is 530 g/mol. The average Bonchev–Trinajstić information content (AvgIpc) is 3.75. The zero-order valence-corrected chi connectivity index (χ0v) is 23.2. The zero-order chi connectivity index (χ0) is 27.4. The first-order valence-electron chi connectivity index (χ1n) is 14.0.